The first-order valence-corrected chi connectivity index (χ1v) is 4.99. The minimum Gasteiger partial charge on any atom is -0.309 e. The second-order valence-corrected chi connectivity index (χ2v) is 4.31. The second-order valence-electron chi connectivity index (χ2n) is 4.31. The van der Waals surface area contributed by atoms with Crippen LogP contribution in [0.15, 0.2) is 0 Å². The Labute approximate surface area is 86.5 Å². The highest BCUT2D eigenvalue weighted by molar-refractivity contribution is 6.17. The second kappa shape index (κ2) is 2.29. The van der Waals surface area contributed by atoms with E-state index in [2.05, 4.69) is 10.4 Å². The third-order valence-electron chi connectivity index (χ3n) is 3.38. The minimum atomic E-state index is -0.794. The van der Waals surface area contributed by atoms with Gasteiger partial charge in [0.2, 0.25) is 5.91 Å². The lowest BCUT2D eigenvalue weighted by atomic mass is 10.0. The Bertz CT molecular complexity index is 497. The summed E-state index contributed by atoms with van der Waals surface area (Å²) in [5.41, 5.74) is 0.862. The van der Waals surface area contributed by atoms with E-state index in [1.165, 1.54) is 4.68 Å². The van der Waals surface area contributed by atoms with E-state index in [4.69, 9.17) is 0 Å². The third kappa shape index (κ3) is 0.854. The van der Waals surface area contributed by atoms with Crippen LogP contribution in [0.5, 0.6) is 0 Å². The zero-order chi connectivity index (χ0) is 10.8. The quantitative estimate of drug-likeness (QED) is 0.639. The van der Waals surface area contributed by atoms with Gasteiger partial charge in [-0.1, -0.05) is 0 Å². The predicted molar refractivity (Wildman–Crippen MR) is 52.6 cm³/mol. The van der Waals surface area contributed by atoms with Gasteiger partial charge in [0.1, 0.15) is 11.2 Å². The molecule has 1 N–H and O–H groups in total. The van der Waals surface area contributed by atoms with E-state index in [0.29, 0.717) is 18.7 Å². The van der Waals surface area contributed by atoms with Crippen molar-refractivity contribution in [3.63, 3.8) is 0 Å². The molecule has 1 amide bonds. The van der Waals surface area contributed by atoms with Crippen molar-refractivity contribution in [3.8, 4) is 0 Å². The predicted octanol–water partition coefficient (Wildman–Crippen LogP) is 0.872. The maximum Gasteiger partial charge on any atom is 0.264 e. The van der Waals surface area contributed by atoms with E-state index in [1.807, 2.05) is 13.8 Å². The van der Waals surface area contributed by atoms with Crippen LogP contribution < -0.4 is 5.32 Å². The van der Waals surface area contributed by atoms with Crippen molar-refractivity contribution in [3.05, 3.63) is 11.3 Å². The van der Waals surface area contributed by atoms with Crippen molar-refractivity contribution in [2.24, 2.45) is 5.41 Å². The standard InChI is InChI=1S/C10H11N3O2/c1-5-6(2)12-13-7(5)11-8(14)10(3-4-10)9(13)15/h3-4H2,1-2H3,(H,11,14). The van der Waals surface area contributed by atoms with Crippen LogP contribution in [0.1, 0.15) is 28.9 Å². The number of aryl methyl sites for hydroxylation is 1. The SMILES string of the molecule is Cc1nn2c(c1C)NC(=O)C1(CC1)C2=O. The van der Waals surface area contributed by atoms with E-state index < -0.39 is 5.41 Å². The molecule has 0 radical (unpaired) electrons. The van der Waals surface area contributed by atoms with Crippen LogP contribution >= 0.6 is 0 Å². The first kappa shape index (κ1) is 8.64. The molecule has 0 saturated heterocycles. The molecule has 1 saturated carbocycles. The summed E-state index contributed by atoms with van der Waals surface area (Å²) in [7, 11) is 0. The average Bonchev–Trinajstić information content (AvgIpc) is 2.95. The number of anilines is 1. The summed E-state index contributed by atoms with van der Waals surface area (Å²) in [4.78, 5) is 23.8. The van der Waals surface area contributed by atoms with Gasteiger partial charge in [-0.3, -0.25) is 9.59 Å². The molecule has 15 heavy (non-hydrogen) atoms. The third-order valence-corrected chi connectivity index (χ3v) is 3.38. The monoisotopic (exact) mass is 205 g/mol. The van der Waals surface area contributed by atoms with E-state index in [0.717, 1.165) is 11.3 Å². The molecular weight excluding hydrogens is 194 g/mol. The summed E-state index contributed by atoms with van der Waals surface area (Å²) in [6.07, 6.45) is 1.30. The Morgan fingerprint density at radius 1 is 1.33 bits per heavy atom. The highest BCUT2D eigenvalue weighted by Crippen LogP contribution is 2.50. The van der Waals surface area contributed by atoms with Gasteiger partial charge in [0.25, 0.3) is 5.91 Å². The van der Waals surface area contributed by atoms with Crippen LogP contribution in [0.3, 0.4) is 0 Å². The molecule has 2 heterocycles. The molecule has 1 aliphatic carbocycles. The molecule has 0 atom stereocenters. The number of hydrogen-bond donors (Lipinski definition) is 1. The largest absolute Gasteiger partial charge is 0.309 e. The van der Waals surface area contributed by atoms with Crippen molar-refractivity contribution in [2.75, 3.05) is 5.32 Å². The highest BCUT2D eigenvalue weighted by Gasteiger charge is 2.60. The van der Waals surface area contributed by atoms with Crippen LogP contribution in [-0.2, 0) is 4.79 Å². The number of fused-ring (bicyclic) bond motifs is 1. The number of carbonyl (C=O) groups excluding carboxylic acids is 2. The van der Waals surface area contributed by atoms with Crippen molar-refractivity contribution < 1.29 is 9.59 Å². The minimum absolute atomic E-state index is 0.164. The molecule has 1 fully saturated rings. The Morgan fingerprint density at radius 2 is 2.00 bits per heavy atom. The van der Waals surface area contributed by atoms with Crippen LogP contribution in [0.4, 0.5) is 5.82 Å². The van der Waals surface area contributed by atoms with Gasteiger partial charge in [0.05, 0.1) is 5.69 Å². The topological polar surface area (TPSA) is 64.0 Å². The molecule has 0 unspecified atom stereocenters. The summed E-state index contributed by atoms with van der Waals surface area (Å²) in [5.74, 6) is 0.209. The average molecular weight is 205 g/mol. The van der Waals surface area contributed by atoms with Crippen LogP contribution in [0.2, 0.25) is 0 Å². The van der Waals surface area contributed by atoms with E-state index in [-0.39, 0.29) is 11.8 Å². The summed E-state index contributed by atoms with van der Waals surface area (Å²) in [6.45, 7) is 3.69. The van der Waals surface area contributed by atoms with Gasteiger partial charge in [0.15, 0.2) is 0 Å². The number of carbonyl (C=O) groups is 2. The lowest BCUT2D eigenvalue weighted by Gasteiger charge is -2.21. The zero-order valence-electron chi connectivity index (χ0n) is 8.63. The summed E-state index contributed by atoms with van der Waals surface area (Å²) in [5, 5.41) is 6.93. The molecule has 3 rings (SSSR count). The zero-order valence-corrected chi connectivity index (χ0v) is 8.63. The van der Waals surface area contributed by atoms with Crippen LogP contribution in [0.25, 0.3) is 0 Å². The lowest BCUT2D eigenvalue weighted by Crippen LogP contribution is -2.41. The number of nitrogens with zero attached hydrogens (tertiary/aromatic N) is 2. The highest BCUT2D eigenvalue weighted by atomic mass is 16.2. The molecule has 0 bridgehead atoms. The number of rotatable bonds is 0. The number of hydrogen-bond acceptors (Lipinski definition) is 3. The fourth-order valence-electron chi connectivity index (χ4n) is 1.99. The van der Waals surface area contributed by atoms with Gasteiger partial charge in [-0.2, -0.15) is 9.78 Å². The summed E-state index contributed by atoms with van der Waals surface area (Å²) >= 11 is 0. The van der Waals surface area contributed by atoms with Gasteiger partial charge in [-0.05, 0) is 26.7 Å². The number of nitrogens with one attached hydrogen (secondary N) is 1. The maximum atomic E-state index is 12.0. The lowest BCUT2D eigenvalue weighted by molar-refractivity contribution is -0.120. The Balaban J connectivity index is 2.22. The molecule has 0 aromatic carbocycles. The first-order chi connectivity index (χ1) is 7.06. The number of amides is 1. The van der Waals surface area contributed by atoms with E-state index in [9.17, 15) is 9.59 Å². The molecule has 1 aromatic heterocycles. The Kier molecular flexibility index (Phi) is 1.32. The van der Waals surface area contributed by atoms with E-state index in [1.54, 1.807) is 0 Å². The van der Waals surface area contributed by atoms with Crippen LogP contribution in [0, 0.1) is 19.3 Å². The molecule has 1 aliphatic heterocycles. The molecule has 2 aliphatic rings. The van der Waals surface area contributed by atoms with Gasteiger partial charge >= 0.3 is 0 Å². The first-order valence-electron chi connectivity index (χ1n) is 4.99. The molecule has 1 spiro atoms. The van der Waals surface area contributed by atoms with E-state index >= 15 is 0 Å². The van der Waals surface area contributed by atoms with Crippen molar-refractivity contribution in [1.29, 1.82) is 0 Å². The molecule has 5 heteroatoms. The summed E-state index contributed by atoms with van der Waals surface area (Å²) < 4.78 is 1.35. The molecule has 1 aromatic rings. The fourth-order valence-corrected chi connectivity index (χ4v) is 1.99. The van der Waals surface area contributed by atoms with Crippen molar-refractivity contribution in [1.82, 2.24) is 9.78 Å². The Hall–Kier alpha value is -1.65. The van der Waals surface area contributed by atoms with Gasteiger partial charge in [-0.25, -0.2) is 0 Å². The van der Waals surface area contributed by atoms with Gasteiger partial charge < -0.3 is 5.32 Å². The smallest absolute Gasteiger partial charge is 0.264 e. The van der Waals surface area contributed by atoms with Crippen LogP contribution in [-0.4, -0.2) is 21.6 Å². The maximum absolute atomic E-state index is 12.0. The molecular formula is C10H11N3O2. The molecule has 5 nitrogen and oxygen atoms in total. The van der Waals surface area contributed by atoms with Gasteiger partial charge in [-0.15, -0.1) is 0 Å². The Morgan fingerprint density at radius 3 is 2.60 bits per heavy atom. The number of aromatic nitrogens is 2. The van der Waals surface area contributed by atoms with Gasteiger partial charge in [0, 0.05) is 5.56 Å². The molecule has 78 valence electrons. The van der Waals surface area contributed by atoms with Crippen molar-refractivity contribution >= 4 is 17.6 Å². The summed E-state index contributed by atoms with van der Waals surface area (Å²) in [6, 6.07) is 0. The normalized spacial score (nSPS) is 21.5. The van der Waals surface area contributed by atoms with Crippen molar-refractivity contribution in [2.45, 2.75) is 26.7 Å². The fraction of sp³-hybridized carbons (Fsp3) is 0.500.